The normalized spacial score (nSPS) is 10.3. The van der Waals surface area contributed by atoms with Crippen LogP contribution in [0.5, 0.6) is 11.5 Å². The van der Waals surface area contributed by atoms with Crippen molar-refractivity contribution in [1.82, 2.24) is 0 Å². The Morgan fingerprint density at radius 2 is 1.60 bits per heavy atom. The maximum Gasteiger partial charge on any atom is 0.160 e. The number of para-hydroxylation sites is 1. The van der Waals surface area contributed by atoms with Gasteiger partial charge in [-0.3, -0.25) is 4.79 Å². The summed E-state index contributed by atoms with van der Waals surface area (Å²) in [5.41, 5.74) is 3.46. The second-order valence-corrected chi connectivity index (χ2v) is 5.74. The number of hydrogen-bond donors (Lipinski definition) is 0. The second-order valence-electron chi connectivity index (χ2n) is 5.74. The molecule has 3 heteroatoms. The lowest BCUT2D eigenvalue weighted by Gasteiger charge is -2.14. The fourth-order valence-corrected chi connectivity index (χ4v) is 2.73. The van der Waals surface area contributed by atoms with E-state index < -0.39 is 0 Å². The van der Waals surface area contributed by atoms with Crippen LogP contribution in [0.1, 0.15) is 22.8 Å². The zero-order valence-electron chi connectivity index (χ0n) is 14.4. The summed E-state index contributed by atoms with van der Waals surface area (Å²) in [5.74, 6) is 1.41. The van der Waals surface area contributed by atoms with Crippen LogP contribution in [0.15, 0.2) is 72.8 Å². The van der Waals surface area contributed by atoms with Crippen molar-refractivity contribution >= 4 is 5.78 Å². The lowest BCUT2D eigenvalue weighted by atomic mass is 9.96. The number of hydrogen-bond acceptors (Lipinski definition) is 3. The van der Waals surface area contributed by atoms with E-state index in [2.05, 4.69) is 0 Å². The summed E-state index contributed by atoms with van der Waals surface area (Å²) in [6.07, 6.45) is 0. The summed E-state index contributed by atoms with van der Waals surface area (Å²) < 4.78 is 11.3. The second kappa shape index (κ2) is 7.67. The van der Waals surface area contributed by atoms with Gasteiger partial charge in [-0.2, -0.15) is 0 Å². The highest BCUT2D eigenvalue weighted by atomic mass is 16.5. The monoisotopic (exact) mass is 332 g/mol. The third-order valence-electron chi connectivity index (χ3n) is 4.02. The van der Waals surface area contributed by atoms with Crippen molar-refractivity contribution in [2.45, 2.75) is 13.5 Å². The quantitative estimate of drug-likeness (QED) is 0.586. The van der Waals surface area contributed by atoms with Gasteiger partial charge in [0.25, 0.3) is 0 Å². The molecule has 0 spiro atoms. The average Bonchev–Trinajstić information content (AvgIpc) is 2.67. The van der Waals surface area contributed by atoms with Crippen LogP contribution >= 0.6 is 0 Å². The molecular formula is C22H20O3. The maximum absolute atomic E-state index is 12.1. The Labute approximate surface area is 147 Å². The van der Waals surface area contributed by atoms with Crippen LogP contribution < -0.4 is 9.47 Å². The van der Waals surface area contributed by atoms with Crippen LogP contribution in [0.2, 0.25) is 0 Å². The molecule has 0 bridgehead atoms. The number of ether oxygens (including phenoxy) is 2. The van der Waals surface area contributed by atoms with Crippen molar-refractivity contribution in [1.29, 1.82) is 0 Å². The highest BCUT2D eigenvalue weighted by Crippen LogP contribution is 2.34. The Hall–Kier alpha value is -3.07. The van der Waals surface area contributed by atoms with Crippen LogP contribution in [0.25, 0.3) is 11.1 Å². The Kier molecular flexibility index (Phi) is 5.14. The molecule has 0 atom stereocenters. The Balaban J connectivity index is 1.97. The summed E-state index contributed by atoms with van der Waals surface area (Å²) >= 11 is 0. The van der Waals surface area contributed by atoms with E-state index in [1.807, 2.05) is 66.7 Å². The van der Waals surface area contributed by atoms with Gasteiger partial charge >= 0.3 is 0 Å². The predicted octanol–water partition coefficient (Wildman–Crippen LogP) is 5.14. The molecule has 0 aliphatic rings. The van der Waals surface area contributed by atoms with Crippen molar-refractivity contribution < 1.29 is 14.3 Å². The molecule has 3 nitrogen and oxygen atoms in total. The lowest BCUT2D eigenvalue weighted by molar-refractivity contribution is 0.101. The first kappa shape index (κ1) is 16.8. The third kappa shape index (κ3) is 3.89. The summed E-state index contributed by atoms with van der Waals surface area (Å²) in [5, 5.41) is 0. The molecule has 25 heavy (non-hydrogen) atoms. The molecule has 0 radical (unpaired) electrons. The Morgan fingerprint density at radius 3 is 2.32 bits per heavy atom. The Morgan fingerprint density at radius 1 is 0.880 bits per heavy atom. The molecule has 0 saturated heterocycles. The van der Waals surface area contributed by atoms with Gasteiger partial charge in [0.2, 0.25) is 0 Å². The topological polar surface area (TPSA) is 35.5 Å². The number of benzene rings is 3. The van der Waals surface area contributed by atoms with Gasteiger partial charge in [0.15, 0.2) is 5.78 Å². The molecule has 0 fully saturated rings. The molecule has 0 saturated carbocycles. The van der Waals surface area contributed by atoms with E-state index >= 15 is 0 Å². The van der Waals surface area contributed by atoms with Gasteiger partial charge in [-0.25, -0.2) is 0 Å². The van der Waals surface area contributed by atoms with Crippen molar-refractivity contribution in [2.24, 2.45) is 0 Å². The molecule has 0 N–H and O–H groups in total. The zero-order valence-corrected chi connectivity index (χ0v) is 14.4. The van der Waals surface area contributed by atoms with Gasteiger partial charge in [0.05, 0.1) is 7.11 Å². The molecule has 0 aromatic heterocycles. The first-order chi connectivity index (χ1) is 12.2. The number of carbonyl (C=O) groups excluding carboxylic acids is 1. The third-order valence-corrected chi connectivity index (χ3v) is 4.02. The van der Waals surface area contributed by atoms with Crippen molar-refractivity contribution in [3.8, 4) is 22.6 Å². The first-order valence-corrected chi connectivity index (χ1v) is 8.14. The number of rotatable bonds is 6. The van der Waals surface area contributed by atoms with Crippen molar-refractivity contribution in [2.75, 3.05) is 7.11 Å². The van der Waals surface area contributed by atoms with E-state index in [1.54, 1.807) is 20.1 Å². The molecule has 0 amide bonds. The first-order valence-electron chi connectivity index (χ1n) is 8.14. The summed E-state index contributed by atoms with van der Waals surface area (Å²) in [7, 11) is 1.59. The van der Waals surface area contributed by atoms with E-state index in [-0.39, 0.29) is 5.78 Å². The minimum atomic E-state index is -0.00763. The highest BCUT2D eigenvalue weighted by molar-refractivity contribution is 6.01. The molecular weight excluding hydrogens is 312 g/mol. The number of ketones is 1. The molecule has 0 aliphatic heterocycles. The molecule has 0 aliphatic carbocycles. The molecule has 0 heterocycles. The van der Waals surface area contributed by atoms with E-state index in [0.717, 1.165) is 22.4 Å². The lowest BCUT2D eigenvalue weighted by Crippen LogP contribution is -2.00. The van der Waals surface area contributed by atoms with Crippen LogP contribution in [0.3, 0.4) is 0 Å². The highest BCUT2D eigenvalue weighted by Gasteiger charge is 2.14. The molecule has 3 aromatic rings. The van der Waals surface area contributed by atoms with E-state index in [1.165, 1.54) is 0 Å². The largest absolute Gasteiger partial charge is 0.497 e. The van der Waals surface area contributed by atoms with Gasteiger partial charge in [0, 0.05) is 11.1 Å². The number of methoxy groups -OCH3 is 1. The van der Waals surface area contributed by atoms with Crippen LogP contribution in [0.4, 0.5) is 0 Å². The van der Waals surface area contributed by atoms with Gasteiger partial charge in [0.1, 0.15) is 18.1 Å². The van der Waals surface area contributed by atoms with E-state index in [4.69, 9.17) is 9.47 Å². The maximum atomic E-state index is 12.1. The van der Waals surface area contributed by atoms with Gasteiger partial charge in [-0.15, -0.1) is 0 Å². The van der Waals surface area contributed by atoms with Gasteiger partial charge in [-0.1, -0.05) is 48.5 Å². The van der Waals surface area contributed by atoms with Crippen LogP contribution in [0, 0.1) is 0 Å². The Bertz CT molecular complexity index is 869. The standard InChI is InChI=1S/C22H20O3/c1-16(23)21-14-18(24-2)12-13-19(21)20-10-6-7-11-22(20)25-15-17-8-4-3-5-9-17/h3-14H,15H2,1-2H3. The van der Waals surface area contributed by atoms with E-state index in [0.29, 0.717) is 17.9 Å². The fourth-order valence-electron chi connectivity index (χ4n) is 2.73. The molecule has 3 aromatic carbocycles. The zero-order chi connectivity index (χ0) is 17.6. The minimum Gasteiger partial charge on any atom is -0.497 e. The smallest absolute Gasteiger partial charge is 0.160 e. The van der Waals surface area contributed by atoms with Crippen molar-refractivity contribution in [3.63, 3.8) is 0 Å². The number of Topliss-reactive ketones (excluding diaryl/α,β-unsaturated/α-hetero) is 1. The fraction of sp³-hybridized carbons (Fsp3) is 0.136. The molecule has 0 unspecified atom stereocenters. The van der Waals surface area contributed by atoms with E-state index in [9.17, 15) is 4.79 Å². The van der Waals surface area contributed by atoms with Crippen molar-refractivity contribution in [3.05, 3.63) is 83.9 Å². The van der Waals surface area contributed by atoms with Crippen LogP contribution in [-0.4, -0.2) is 12.9 Å². The summed E-state index contributed by atoms with van der Waals surface area (Å²) in [6.45, 7) is 2.04. The van der Waals surface area contributed by atoms with Gasteiger partial charge in [-0.05, 0) is 42.3 Å². The van der Waals surface area contributed by atoms with Gasteiger partial charge < -0.3 is 9.47 Å². The summed E-state index contributed by atoms with van der Waals surface area (Å²) in [6, 6.07) is 23.3. The minimum absolute atomic E-state index is 0.00763. The average molecular weight is 332 g/mol. The SMILES string of the molecule is COc1ccc(-c2ccccc2OCc2ccccc2)c(C(C)=O)c1. The summed E-state index contributed by atoms with van der Waals surface area (Å²) in [4.78, 5) is 12.1. The predicted molar refractivity (Wildman–Crippen MR) is 99.2 cm³/mol. The van der Waals surface area contributed by atoms with Crippen LogP contribution in [-0.2, 0) is 6.61 Å². The number of carbonyl (C=O) groups is 1. The molecule has 3 rings (SSSR count). The molecule has 126 valence electrons.